The Morgan fingerprint density at radius 3 is 2.80 bits per heavy atom. The van der Waals surface area contributed by atoms with Crippen LogP contribution < -0.4 is 5.73 Å². The molecule has 0 saturated heterocycles. The zero-order valence-electron chi connectivity index (χ0n) is 11.1. The fraction of sp³-hybridized carbons (Fsp3) is 0.312. The van der Waals surface area contributed by atoms with Crippen LogP contribution in [0.15, 0.2) is 41.0 Å². The SMILES string of the molecule is Nc1cccc2c1C(=O)N(Cc1ccco1)CC21CC1. The Morgan fingerprint density at radius 2 is 2.10 bits per heavy atom. The molecule has 1 aliphatic heterocycles. The van der Waals surface area contributed by atoms with Gasteiger partial charge in [-0.25, -0.2) is 0 Å². The molecule has 20 heavy (non-hydrogen) atoms. The van der Waals surface area contributed by atoms with E-state index in [1.807, 2.05) is 29.2 Å². The monoisotopic (exact) mass is 268 g/mol. The van der Waals surface area contributed by atoms with Crippen molar-refractivity contribution in [2.45, 2.75) is 24.8 Å². The van der Waals surface area contributed by atoms with E-state index >= 15 is 0 Å². The summed E-state index contributed by atoms with van der Waals surface area (Å²) in [7, 11) is 0. The van der Waals surface area contributed by atoms with Crippen molar-refractivity contribution in [3.8, 4) is 0 Å². The van der Waals surface area contributed by atoms with E-state index in [0.717, 1.165) is 30.7 Å². The molecule has 1 aromatic heterocycles. The maximum absolute atomic E-state index is 12.7. The Balaban J connectivity index is 1.76. The molecule has 1 fully saturated rings. The summed E-state index contributed by atoms with van der Waals surface area (Å²) in [6, 6.07) is 9.56. The van der Waals surface area contributed by atoms with Crippen LogP contribution in [0.2, 0.25) is 0 Å². The van der Waals surface area contributed by atoms with Crippen molar-refractivity contribution < 1.29 is 9.21 Å². The van der Waals surface area contributed by atoms with Crippen LogP contribution in [0.4, 0.5) is 5.69 Å². The number of benzene rings is 1. The van der Waals surface area contributed by atoms with E-state index in [4.69, 9.17) is 10.2 Å². The topological polar surface area (TPSA) is 59.5 Å². The summed E-state index contributed by atoms with van der Waals surface area (Å²) < 4.78 is 5.37. The van der Waals surface area contributed by atoms with Crippen molar-refractivity contribution in [3.05, 3.63) is 53.5 Å². The lowest BCUT2D eigenvalue weighted by molar-refractivity contribution is 0.0687. The van der Waals surface area contributed by atoms with Gasteiger partial charge in [-0.2, -0.15) is 0 Å². The van der Waals surface area contributed by atoms with Crippen molar-refractivity contribution in [2.75, 3.05) is 12.3 Å². The van der Waals surface area contributed by atoms with Gasteiger partial charge in [-0.3, -0.25) is 4.79 Å². The Kier molecular flexibility index (Phi) is 2.25. The van der Waals surface area contributed by atoms with E-state index in [2.05, 4.69) is 6.07 Å². The number of nitrogens with two attached hydrogens (primary N) is 1. The third kappa shape index (κ3) is 1.57. The quantitative estimate of drug-likeness (QED) is 0.851. The average molecular weight is 268 g/mol. The highest BCUT2D eigenvalue weighted by molar-refractivity contribution is 6.02. The summed E-state index contributed by atoms with van der Waals surface area (Å²) in [5, 5.41) is 0. The van der Waals surface area contributed by atoms with Gasteiger partial charge < -0.3 is 15.1 Å². The summed E-state index contributed by atoms with van der Waals surface area (Å²) in [5.41, 5.74) is 8.60. The maximum Gasteiger partial charge on any atom is 0.256 e. The molecule has 2 heterocycles. The van der Waals surface area contributed by atoms with Crippen LogP contribution >= 0.6 is 0 Å². The molecular weight excluding hydrogens is 252 g/mol. The number of amides is 1. The van der Waals surface area contributed by atoms with Crippen LogP contribution in [-0.2, 0) is 12.0 Å². The fourth-order valence-corrected chi connectivity index (χ4v) is 3.23. The normalized spacial score (nSPS) is 19.2. The second kappa shape index (κ2) is 3.88. The first kappa shape index (κ1) is 11.6. The summed E-state index contributed by atoms with van der Waals surface area (Å²) in [6.07, 6.45) is 3.90. The summed E-state index contributed by atoms with van der Waals surface area (Å²) in [5.74, 6) is 0.833. The smallest absolute Gasteiger partial charge is 0.256 e. The zero-order valence-corrected chi connectivity index (χ0v) is 11.1. The number of nitrogens with zero attached hydrogens (tertiary/aromatic N) is 1. The Labute approximate surface area is 117 Å². The van der Waals surface area contributed by atoms with Crippen LogP contribution in [0.3, 0.4) is 0 Å². The first-order valence-electron chi connectivity index (χ1n) is 6.90. The van der Waals surface area contributed by atoms with Gasteiger partial charge in [0.15, 0.2) is 0 Å². The number of carbonyl (C=O) groups excluding carboxylic acids is 1. The van der Waals surface area contributed by atoms with Crippen molar-refractivity contribution in [1.29, 1.82) is 0 Å². The molecule has 1 aromatic carbocycles. The molecule has 4 rings (SSSR count). The van der Waals surface area contributed by atoms with Gasteiger partial charge in [0.05, 0.1) is 18.4 Å². The molecule has 2 aromatic rings. The highest BCUT2D eigenvalue weighted by Crippen LogP contribution is 2.53. The maximum atomic E-state index is 12.7. The van der Waals surface area contributed by atoms with Gasteiger partial charge in [-0.1, -0.05) is 12.1 Å². The number of furan rings is 1. The number of rotatable bonds is 2. The van der Waals surface area contributed by atoms with Crippen molar-refractivity contribution in [1.82, 2.24) is 4.90 Å². The number of nitrogen functional groups attached to an aromatic ring is 1. The zero-order chi connectivity index (χ0) is 13.7. The van der Waals surface area contributed by atoms with Crippen LogP contribution in [0.1, 0.15) is 34.5 Å². The molecule has 1 aliphatic carbocycles. The molecule has 1 spiro atoms. The lowest BCUT2D eigenvalue weighted by Gasteiger charge is -2.34. The first-order chi connectivity index (χ1) is 9.70. The van der Waals surface area contributed by atoms with Gasteiger partial charge >= 0.3 is 0 Å². The van der Waals surface area contributed by atoms with E-state index in [0.29, 0.717) is 17.8 Å². The highest BCUT2D eigenvalue weighted by atomic mass is 16.3. The minimum Gasteiger partial charge on any atom is -0.467 e. The molecule has 1 saturated carbocycles. The Morgan fingerprint density at radius 1 is 1.25 bits per heavy atom. The lowest BCUT2D eigenvalue weighted by Crippen LogP contribution is -2.43. The third-order valence-electron chi connectivity index (χ3n) is 4.44. The Bertz CT molecular complexity index is 672. The summed E-state index contributed by atoms with van der Waals surface area (Å²) in [6.45, 7) is 1.28. The molecule has 2 N–H and O–H groups in total. The van der Waals surface area contributed by atoms with E-state index in [9.17, 15) is 4.79 Å². The standard InChI is InChI=1S/C16H16N2O2/c17-13-5-1-4-12-14(13)15(19)18(10-16(12)6-7-16)9-11-3-2-8-20-11/h1-5,8H,6-7,9-10,17H2. The van der Waals surface area contributed by atoms with Gasteiger partial charge in [0, 0.05) is 17.6 Å². The molecule has 102 valence electrons. The molecule has 1 amide bonds. The second-order valence-corrected chi connectivity index (χ2v) is 5.79. The largest absolute Gasteiger partial charge is 0.467 e. The minimum atomic E-state index is 0.0204. The van der Waals surface area contributed by atoms with Gasteiger partial charge in [-0.15, -0.1) is 0 Å². The average Bonchev–Trinajstić information content (AvgIpc) is 3.01. The molecule has 0 atom stereocenters. The number of carbonyl (C=O) groups is 1. The number of anilines is 1. The van der Waals surface area contributed by atoms with Gasteiger partial charge in [-0.05, 0) is 36.6 Å². The first-order valence-corrected chi connectivity index (χ1v) is 6.90. The summed E-state index contributed by atoms with van der Waals surface area (Å²) >= 11 is 0. The predicted octanol–water partition coefficient (Wildman–Crippen LogP) is 2.55. The molecule has 4 heteroatoms. The highest BCUT2D eigenvalue weighted by Gasteiger charge is 2.51. The molecular formula is C16H16N2O2. The van der Waals surface area contributed by atoms with Gasteiger partial charge in [0.25, 0.3) is 5.91 Å². The van der Waals surface area contributed by atoms with E-state index < -0.39 is 0 Å². The van der Waals surface area contributed by atoms with Crippen molar-refractivity contribution >= 4 is 11.6 Å². The molecule has 0 radical (unpaired) electrons. The molecule has 2 aliphatic rings. The summed E-state index contributed by atoms with van der Waals surface area (Å²) in [4.78, 5) is 14.5. The Hall–Kier alpha value is -2.23. The number of hydrogen-bond acceptors (Lipinski definition) is 3. The molecule has 0 bridgehead atoms. The van der Waals surface area contributed by atoms with Gasteiger partial charge in [0.2, 0.25) is 0 Å². The third-order valence-corrected chi connectivity index (χ3v) is 4.44. The van der Waals surface area contributed by atoms with E-state index in [1.165, 1.54) is 0 Å². The lowest BCUT2D eigenvalue weighted by atomic mass is 9.85. The van der Waals surface area contributed by atoms with Crippen molar-refractivity contribution in [2.24, 2.45) is 0 Å². The van der Waals surface area contributed by atoms with Crippen LogP contribution in [-0.4, -0.2) is 17.4 Å². The van der Waals surface area contributed by atoms with E-state index in [-0.39, 0.29) is 11.3 Å². The van der Waals surface area contributed by atoms with E-state index in [1.54, 1.807) is 6.26 Å². The van der Waals surface area contributed by atoms with Crippen LogP contribution in [0, 0.1) is 0 Å². The predicted molar refractivity (Wildman–Crippen MR) is 75.2 cm³/mol. The van der Waals surface area contributed by atoms with Crippen LogP contribution in [0.25, 0.3) is 0 Å². The second-order valence-electron chi connectivity index (χ2n) is 5.79. The van der Waals surface area contributed by atoms with Gasteiger partial charge in [0.1, 0.15) is 5.76 Å². The van der Waals surface area contributed by atoms with Crippen LogP contribution in [0.5, 0.6) is 0 Å². The fourth-order valence-electron chi connectivity index (χ4n) is 3.23. The minimum absolute atomic E-state index is 0.0204. The van der Waals surface area contributed by atoms with Crippen molar-refractivity contribution in [3.63, 3.8) is 0 Å². The molecule has 0 unspecified atom stereocenters. The number of hydrogen-bond donors (Lipinski definition) is 1. The number of fused-ring (bicyclic) bond motifs is 2. The molecule has 4 nitrogen and oxygen atoms in total.